The highest BCUT2D eigenvalue weighted by Gasteiger charge is 2.32. The zero-order valence-corrected chi connectivity index (χ0v) is 12.2. The van der Waals surface area contributed by atoms with Crippen LogP contribution >= 0.6 is 11.8 Å². The fraction of sp³-hybridized carbons (Fsp3) is 0.667. The number of aromatic nitrogens is 1. The molecule has 1 aromatic heterocycles. The van der Waals surface area contributed by atoms with E-state index in [1.807, 2.05) is 30.1 Å². The zero-order chi connectivity index (χ0) is 13.1. The lowest BCUT2D eigenvalue weighted by Crippen LogP contribution is -2.48. The Balaban J connectivity index is 1.61. The molecule has 0 bridgehead atoms. The Labute approximate surface area is 120 Å². The molecule has 2 N–H and O–H groups in total. The minimum absolute atomic E-state index is 0.819. The summed E-state index contributed by atoms with van der Waals surface area (Å²) < 4.78 is 0. The van der Waals surface area contributed by atoms with Crippen molar-refractivity contribution in [2.45, 2.75) is 43.2 Å². The van der Waals surface area contributed by atoms with Gasteiger partial charge in [0.25, 0.3) is 0 Å². The first-order valence-corrected chi connectivity index (χ1v) is 8.40. The van der Waals surface area contributed by atoms with E-state index in [1.54, 1.807) is 0 Å². The first-order valence-electron chi connectivity index (χ1n) is 7.42. The van der Waals surface area contributed by atoms with Gasteiger partial charge in [-0.15, -0.1) is 11.8 Å². The minimum Gasteiger partial charge on any atom is -0.397 e. The molecule has 2 aliphatic rings. The SMILES string of the molecule is Nc1cccnc1SCC1CCCN2CCCCC12. The van der Waals surface area contributed by atoms with Crippen LogP contribution in [0.5, 0.6) is 0 Å². The highest BCUT2D eigenvalue weighted by molar-refractivity contribution is 7.99. The van der Waals surface area contributed by atoms with Gasteiger partial charge in [-0.2, -0.15) is 0 Å². The number of hydrogen-bond acceptors (Lipinski definition) is 4. The van der Waals surface area contributed by atoms with Crippen LogP contribution in [0.2, 0.25) is 0 Å². The number of rotatable bonds is 3. The summed E-state index contributed by atoms with van der Waals surface area (Å²) in [6.45, 7) is 2.63. The van der Waals surface area contributed by atoms with Crippen LogP contribution in [0.25, 0.3) is 0 Å². The molecule has 2 fully saturated rings. The fourth-order valence-electron chi connectivity index (χ4n) is 3.48. The zero-order valence-electron chi connectivity index (χ0n) is 11.4. The van der Waals surface area contributed by atoms with Crippen LogP contribution in [0.3, 0.4) is 0 Å². The van der Waals surface area contributed by atoms with Gasteiger partial charge in [-0.05, 0) is 56.8 Å². The molecular weight excluding hydrogens is 254 g/mol. The Bertz CT molecular complexity index is 422. The molecule has 2 unspecified atom stereocenters. The third-order valence-corrected chi connectivity index (χ3v) is 5.67. The predicted octanol–water partition coefficient (Wildman–Crippen LogP) is 3.02. The van der Waals surface area contributed by atoms with E-state index in [1.165, 1.54) is 50.9 Å². The predicted molar refractivity (Wildman–Crippen MR) is 81.3 cm³/mol. The van der Waals surface area contributed by atoms with Crippen LogP contribution in [0.15, 0.2) is 23.4 Å². The molecule has 0 aromatic carbocycles. The molecule has 19 heavy (non-hydrogen) atoms. The quantitative estimate of drug-likeness (QED) is 0.862. The van der Waals surface area contributed by atoms with Crippen LogP contribution < -0.4 is 5.73 Å². The average Bonchev–Trinajstić information content (AvgIpc) is 2.46. The first kappa shape index (κ1) is 13.3. The number of fused-ring (bicyclic) bond motifs is 1. The molecule has 0 saturated carbocycles. The maximum absolute atomic E-state index is 5.97. The van der Waals surface area contributed by atoms with Crippen molar-refractivity contribution in [1.82, 2.24) is 9.88 Å². The molecule has 3 nitrogen and oxygen atoms in total. The Hall–Kier alpha value is -0.740. The van der Waals surface area contributed by atoms with E-state index in [0.717, 1.165) is 22.7 Å². The molecule has 2 aliphatic heterocycles. The molecule has 0 spiro atoms. The van der Waals surface area contributed by atoms with Crippen LogP contribution in [-0.2, 0) is 0 Å². The highest BCUT2D eigenvalue weighted by atomic mass is 32.2. The summed E-state index contributed by atoms with van der Waals surface area (Å²) in [4.78, 5) is 7.11. The van der Waals surface area contributed by atoms with Gasteiger partial charge in [-0.3, -0.25) is 0 Å². The summed E-state index contributed by atoms with van der Waals surface area (Å²) in [5.74, 6) is 1.99. The normalized spacial score (nSPS) is 28.0. The number of nitrogens with zero attached hydrogens (tertiary/aromatic N) is 2. The number of piperidine rings is 2. The minimum atomic E-state index is 0.819. The number of thioether (sulfide) groups is 1. The summed E-state index contributed by atoms with van der Waals surface area (Å²) in [6.07, 6.45) is 8.77. The van der Waals surface area contributed by atoms with Gasteiger partial charge in [0.05, 0.1) is 5.69 Å². The summed E-state index contributed by atoms with van der Waals surface area (Å²) in [7, 11) is 0. The molecule has 0 aliphatic carbocycles. The molecule has 1 aromatic rings. The van der Waals surface area contributed by atoms with Crippen molar-refractivity contribution >= 4 is 17.4 Å². The number of anilines is 1. The number of hydrogen-bond donors (Lipinski definition) is 1. The molecule has 2 atom stereocenters. The van der Waals surface area contributed by atoms with E-state index in [0.29, 0.717) is 0 Å². The number of pyridine rings is 1. The van der Waals surface area contributed by atoms with E-state index in [-0.39, 0.29) is 0 Å². The third kappa shape index (κ3) is 3.06. The van der Waals surface area contributed by atoms with Crippen molar-refractivity contribution in [1.29, 1.82) is 0 Å². The van der Waals surface area contributed by atoms with Gasteiger partial charge in [-0.25, -0.2) is 4.98 Å². The molecular formula is C15H23N3S. The molecule has 3 rings (SSSR count). The van der Waals surface area contributed by atoms with E-state index in [9.17, 15) is 0 Å². The lowest BCUT2D eigenvalue weighted by molar-refractivity contribution is 0.0693. The van der Waals surface area contributed by atoms with Gasteiger partial charge in [0, 0.05) is 18.0 Å². The van der Waals surface area contributed by atoms with Crippen LogP contribution in [0.4, 0.5) is 5.69 Å². The second-order valence-corrected chi connectivity index (χ2v) is 6.72. The lowest BCUT2D eigenvalue weighted by atomic mass is 9.85. The van der Waals surface area contributed by atoms with Gasteiger partial charge < -0.3 is 10.6 Å². The van der Waals surface area contributed by atoms with Crippen molar-refractivity contribution in [3.63, 3.8) is 0 Å². The molecule has 104 valence electrons. The smallest absolute Gasteiger partial charge is 0.119 e. The maximum Gasteiger partial charge on any atom is 0.119 e. The van der Waals surface area contributed by atoms with E-state index in [4.69, 9.17) is 5.73 Å². The van der Waals surface area contributed by atoms with Gasteiger partial charge >= 0.3 is 0 Å². The van der Waals surface area contributed by atoms with Crippen LogP contribution in [0.1, 0.15) is 32.1 Å². The Morgan fingerprint density at radius 2 is 2.16 bits per heavy atom. The summed E-state index contributed by atoms with van der Waals surface area (Å²) in [6, 6.07) is 4.67. The second-order valence-electron chi connectivity index (χ2n) is 5.71. The number of nitrogens with two attached hydrogens (primary N) is 1. The third-order valence-electron chi connectivity index (χ3n) is 4.46. The first-order chi connectivity index (χ1) is 9.34. The number of nitrogen functional groups attached to an aromatic ring is 1. The van der Waals surface area contributed by atoms with Crippen molar-refractivity contribution in [2.75, 3.05) is 24.6 Å². The Kier molecular flexibility index (Phi) is 4.28. The maximum atomic E-state index is 5.97. The van der Waals surface area contributed by atoms with Gasteiger partial charge in [0.15, 0.2) is 0 Å². The van der Waals surface area contributed by atoms with Crippen molar-refractivity contribution in [3.8, 4) is 0 Å². The van der Waals surface area contributed by atoms with E-state index < -0.39 is 0 Å². The molecule has 2 saturated heterocycles. The second kappa shape index (κ2) is 6.14. The Morgan fingerprint density at radius 1 is 1.26 bits per heavy atom. The van der Waals surface area contributed by atoms with E-state index >= 15 is 0 Å². The van der Waals surface area contributed by atoms with Crippen molar-refractivity contribution < 1.29 is 0 Å². The summed E-state index contributed by atoms with van der Waals surface area (Å²) >= 11 is 1.85. The molecule has 0 amide bonds. The highest BCUT2D eigenvalue weighted by Crippen LogP contribution is 2.35. The van der Waals surface area contributed by atoms with Crippen LogP contribution in [-0.4, -0.2) is 34.8 Å². The van der Waals surface area contributed by atoms with Gasteiger partial charge in [0.2, 0.25) is 0 Å². The lowest BCUT2D eigenvalue weighted by Gasteiger charge is -2.44. The van der Waals surface area contributed by atoms with Crippen molar-refractivity contribution in [3.05, 3.63) is 18.3 Å². The van der Waals surface area contributed by atoms with Gasteiger partial charge in [-0.1, -0.05) is 6.42 Å². The summed E-state index contributed by atoms with van der Waals surface area (Å²) in [5, 5.41) is 1.01. The summed E-state index contributed by atoms with van der Waals surface area (Å²) in [5.41, 5.74) is 6.80. The molecule has 4 heteroatoms. The fourth-order valence-corrected chi connectivity index (χ4v) is 4.61. The van der Waals surface area contributed by atoms with Gasteiger partial charge in [0.1, 0.15) is 5.03 Å². The van der Waals surface area contributed by atoms with Crippen LogP contribution in [0, 0.1) is 5.92 Å². The molecule has 3 heterocycles. The van der Waals surface area contributed by atoms with Crippen molar-refractivity contribution in [2.24, 2.45) is 5.92 Å². The average molecular weight is 277 g/mol. The Morgan fingerprint density at radius 3 is 3.05 bits per heavy atom. The molecule has 0 radical (unpaired) electrons. The topological polar surface area (TPSA) is 42.1 Å². The van der Waals surface area contributed by atoms with E-state index in [2.05, 4.69) is 9.88 Å². The monoisotopic (exact) mass is 277 g/mol. The standard InChI is InChI=1S/C15H23N3S/c16-13-6-3-8-17-15(13)19-11-12-5-4-10-18-9-2-1-7-14(12)18/h3,6,8,12,14H,1-2,4-5,7,9-11,16H2. The largest absolute Gasteiger partial charge is 0.397 e.